The molecule has 0 spiro atoms. The van der Waals surface area contributed by atoms with Gasteiger partial charge < -0.3 is 4.42 Å². The molecule has 0 fully saturated rings. The van der Waals surface area contributed by atoms with Crippen molar-refractivity contribution in [3.05, 3.63) is 23.7 Å². The maximum absolute atomic E-state index is 11.7. The molecule has 1 heterocycles. The van der Waals surface area contributed by atoms with Crippen LogP contribution in [0.2, 0.25) is 0 Å². The van der Waals surface area contributed by atoms with E-state index in [0.29, 0.717) is 5.76 Å². The van der Waals surface area contributed by atoms with E-state index in [-0.39, 0.29) is 5.76 Å². The molecule has 0 saturated carbocycles. The van der Waals surface area contributed by atoms with Crippen molar-refractivity contribution in [3.63, 3.8) is 0 Å². The van der Waals surface area contributed by atoms with Crippen molar-refractivity contribution in [2.45, 2.75) is 19.5 Å². The third-order valence-electron chi connectivity index (χ3n) is 1.17. The highest BCUT2D eigenvalue weighted by molar-refractivity contribution is 5.06. The van der Waals surface area contributed by atoms with E-state index in [1.807, 2.05) is 0 Å². The van der Waals surface area contributed by atoms with Crippen LogP contribution in [0, 0.1) is 6.92 Å². The van der Waals surface area contributed by atoms with Gasteiger partial charge in [0.15, 0.2) is 0 Å². The van der Waals surface area contributed by atoms with Crippen molar-refractivity contribution in [1.29, 1.82) is 0 Å². The van der Waals surface area contributed by atoms with Crippen LogP contribution in [-0.2, 0) is 6.42 Å². The lowest BCUT2D eigenvalue weighted by atomic mass is 10.3. The Hall–Kier alpha value is -0.930. The quantitative estimate of drug-likeness (QED) is 0.621. The van der Waals surface area contributed by atoms with E-state index in [4.69, 9.17) is 4.42 Å². The maximum Gasteiger partial charge on any atom is 0.396 e. The summed E-state index contributed by atoms with van der Waals surface area (Å²) in [5.74, 6) is 0.472. The molecule has 0 aromatic carbocycles. The maximum atomic E-state index is 11.7. The van der Waals surface area contributed by atoms with E-state index in [0.717, 1.165) is 0 Å². The monoisotopic (exact) mass is 164 g/mol. The van der Waals surface area contributed by atoms with Crippen LogP contribution in [0.1, 0.15) is 11.5 Å². The molecule has 0 saturated heterocycles. The minimum Gasteiger partial charge on any atom is -0.466 e. The average Bonchev–Trinajstić information content (AvgIpc) is 2.10. The van der Waals surface area contributed by atoms with Gasteiger partial charge in [-0.3, -0.25) is 0 Å². The Morgan fingerprint density at radius 1 is 1.36 bits per heavy atom. The zero-order valence-electron chi connectivity index (χ0n) is 5.90. The van der Waals surface area contributed by atoms with Gasteiger partial charge in [-0.15, -0.1) is 0 Å². The van der Waals surface area contributed by atoms with Crippen LogP contribution in [0.3, 0.4) is 0 Å². The van der Waals surface area contributed by atoms with Crippen molar-refractivity contribution < 1.29 is 17.6 Å². The van der Waals surface area contributed by atoms with E-state index in [2.05, 4.69) is 0 Å². The van der Waals surface area contributed by atoms with E-state index >= 15 is 0 Å². The van der Waals surface area contributed by atoms with Gasteiger partial charge in [-0.2, -0.15) is 13.2 Å². The molecular weight excluding hydrogens is 157 g/mol. The minimum atomic E-state index is -4.18. The Morgan fingerprint density at radius 3 is 2.36 bits per heavy atom. The van der Waals surface area contributed by atoms with Crippen LogP contribution in [0.5, 0.6) is 0 Å². The molecule has 0 aliphatic carbocycles. The fourth-order valence-corrected chi connectivity index (χ4v) is 0.778. The first-order chi connectivity index (χ1) is 4.97. The lowest BCUT2D eigenvalue weighted by molar-refractivity contribution is -0.130. The lowest BCUT2D eigenvalue weighted by Gasteiger charge is -2.01. The van der Waals surface area contributed by atoms with Gasteiger partial charge in [0.2, 0.25) is 0 Å². The standard InChI is InChI=1S/C7H7F3O/c1-5-2-3-6(11-5)4-7(8,9)10/h2-3H,4H2,1H3. The molecule has 0 atom stereocenters. The van der Waals surface area contributed by atoms with E-state index < -0.39 is 12.6 Å². The fraction of sp³-hybridized carbons (Fsp3) is 0.429. The fourth-order valence-electron chi connectivity index (χ4n) is 0.778. The van der Waals surface area contributed by atoms with Crippen LogP contribution in [0.25, 0.3) is 0 Å². The summed E-state index contributed by atoms with van der Waals surface area (Å²) in [4.78, 5) is 0. The highest BCUT2D eigenvalue weighted by Gasteiger charge is 2.29. The number of halogens is 3. The molecule has 0 unspecified atom stereocenters. The van der Waals surface area contributed by atoms with Gasteiger partial charge in [0.05, 0.1) is 0 Å². The highest BCUT2D eigenvalue weighted by Crippen LogP contribution is 2.22. The summed E-state index contributed by atoms with van der Waals surface area (Å²) in [6.45, 7) is 1.61. The largest absolute Gasteiger partial charge is 0.466 e. The van der Waals surface area contributed by atoms with Crippen molar-refractivity contribution in [1.82, 2.24) is 0 Å². The van der Waals surface area contributed by atoms with Crippen molar-refractivity contribution in [2.75, 3.05) is 0 Å². The number of alkyl halides is 3. The van der Waals surface area contributed by atoms with E-state index in [9.17, 15) is 13.2 Å². The summed E-state index contributed by atoms with van der Waals surface area (Å²) in [5, 5.41) is 0. The summed E-state index contributed by atoms with van der Waals surface area (Å²) in [7, 11) is 0. The second-order valence-electron chi connectivity index (χ2n) is 2.30. The zero-order valence-corrected chi connectivity index (χ0v) is 5.90. The minimum absolute atomic E-state index is 0.0324. The molecule has 0 aliphatic rings. The third kappa shape index (κ3) is 2.65. The molecule has 0 aliphatic heterocycles. The van der Waals surface area contributed by atoms with Crippen molar-refractivity contribution >= 4 is 0 Å². The predicted octanol–water partition coefficient (Wildman–Crippen LogP) is 2.69. The Balaban J connectivity index is 2.65. The molecule has 1 nitrogen and oxygen atoms in total. The van der Waals surface area contributed by atoms with E-state index in [1.54, 1.807) is 6.92 Å². The zero-order chi connectivity index (χ0) is 8.48. The Bertz CT molecular complexity index is 236. The Kier molecular flexibility index (Phi) is 1.93. The van der Waals surface area contributed by atoms with Crippen LogP contribution >= 0.6 is 0 Å². The summed E-state index contributed by atoms with van der Waals surface area (Å²) in [6, 6.07) is 2.85. The van der Waals surface area contributed by atoms with Gasteiger partial charge in [0.1, 0.15) is 17.9 Å². The summed E-state index contributed by atoms with van der Waals surface area (Å²) >= 11 is 0. The number of rotatable bonds is 1. The molecule has 62 valence electrons. The summed E-state index contributed by atoms with van der Waals surface area (Å²) in [5.41, 5.74) is 0. The number of hydrogen-bond acceptors (Lipinski definition) is 1. The number of furan rings is 1. The molecule has 0 amide bonds. The molecular formula is C7H7F3O. The second-order valence-corrected chi connectivity index (χ2v) is 2.30. The first-order valence-electron chi connectivity index (χ1n) is 3.09. The predicted molar refractivity (Wildman–Crippen MR) is 33.2 cm³/mol. The van der Waals surface area contributed by atoms with Gasteiger partial charge >= 0.3 is 6.18 Å². The number of aryl methyl sites for hydroxylation is 1. The SMILES string of the molecule is Cc1ccc(CC(F)(F)F)o1. The highest BCUT2D eigenvalue weighted by atomic mass is 19.4. The first-order valence-corrected chi connectivity index (χ1v) is 3.09. The second kappa shape index (κ2) is 2.60. The van der Waals surface area contributed by atoms with Crippen molar-refractivity contribution in [3.8, 4) is 0 Å². The molecule has 1 aromatic rings. The molecule has 1 rings (SSSR count). The molecule has 1 aromatic heterocycles. The lowest BCUT2D eigenvalue weighted by Crippen LogP contribution is -2.10. The topological polar surface area (TPSA) is 13.1 Å². The van der Waals surface area contributed by atoms with Gasteiger partial charge in [0, 0.05) is 0 Å². The normalized spacial score (nSPS) is 12.0. The van der Waals surface area contributed by atoms with Crippen molar-refractivity contribution in [2.24, 2.45) is 0 Å². The van der Waals surface area contributed by atoms with Gasteiger partial charge in [-0.1, -0.05) is 0 Å². The third-order valence-corrected chi connectivity index (χ3v) is 1.17. The molecule has 0 radical (unpaired) electrons. The summed E-state index contributed by atoms with van der Waals surface area (Å²) < 4.78 is 39.8. The van der Waals surface area contributed by atoms with Gasteiger partial charge in [0.25, 0.3) is 0 Å². The van der Waals surface area contributed by atoms with Crippen LogP contribution in [0.15, 0.2) is 16.5 Å². The molecule has 0 N–H and O–H groups in total. The molecule has 0 bridgehead atoms. The molecule has 11 heavy (non-hydrogen) atoms. The van der Waals surface area contributed by atoms with Gasteiger partial charge in [-0.05, 0) is 19.1 Å². The smallest absolute Gasteiger partial charge is 0.396 e. The first kappa shape index (κ1) is 8.17. The van der Waals surface area contributed by atoms with E-state index in [1.165, 1.54) is 12.1 Å². The number of hydrogen-bond donors (Lipinski definition) is 0. The Labute approximate surface area is 61.8 Å². The van der Waals surface area contributed by atoms with Crippen LogP contribution in [-0.4, -0.2) is 6.18 Å². The average molecular weight is 164 g/mol. The Morgan fingerprint density at radius 2 is 2.00 bits per heavy atom. The van der Waals surface area contributed by atoms with Crippen LogP contribution in [0.4, 0.5) is 13.2 Å². The van der Waals surface area contributed by atoms with Gasteiger partial charge in [-0.25, -0.2) is 0 Å². The molecule has 4 heteroatoms. The van der Waals surface area contributed by atoms with Crippen LogP contribution < -0.4 is 0 Å². The summed E-state index contributed by atoms with van der Waals surface area (Å²) in [6.07, 6.45) is -5.16.